The standard InChI is InChI=1S/C20H16ClF3N6S/c1-10-12(3)31-19-16(10)18(25-9-26-19)28-27-8-15-11(2)29-30(17(15)21)14-6-4-5-13(7-14)20(22,23)24/h4-9H,1-3H3,(H,25,26,28)/b27-8+. The summed E-state index contributed by atoms with van der Waals surface area (Å²) in [6, 6.07) is 4.81. The predicted octanol–water partition coefficient (Wildman–Crippen LogP) is 5.92. The van der Waals surface area contributed by atoms with Crippen LogP contribution in [0.5, 0.6) is 0 Å². The fourth-order valence-electron chi connectivity index (χ4n) is 3.07. The minimum absolute atomic E-state index is 0.151. The van der Waals surface area contributed by atoms with E-state index < -0.39 is 11.7 Å². The molecule has 0 atom stereocenters. The van der Waals surface area contributed by atoms with Crippen LogP contribution < -0.4 is 5.43 Å². The van der Waals surface area contributed by atoms with Crippen molar-refractivity contribution in [1.29, 1.82) is 0 Å². The normalized spacial score (nSPS) is 12.2. The van der Waals surface area contributed by atoms with Crippen molar-refractivity contribution in [1.82, 2.24) is 19.7 Å². The van der Waals surface area contributed by atoms with Crippen molar-refractivity contribution >= 4 is 45.2 Å². The molecule has 0 bridgehead atoms. The molecular weight excluding hydrogens is 449 g/mol. The Hall–Kier alpha value is -2.98. The van der Waals surface area contributed by atoms with E-state index in [0.717, 1.165) is 32.8 Å². The van der Waals surface area contributed by atoms with Gasteiger partial charge >= 0.3 is 6.18 Å². The zero-order chi connectivity index (χ0) is 22.3. The molecule has 160 valence electrons. The number of thiophene rings is 1. The number of benzene rings is 1. The number of hydrogen-bond acceptors (Lipinski definition) is 6. The van der Waals surface area contributed by atoms with E-state index in [0.29, 0.717) is 17.1 Å². The molecule has 0 unspecified atom stereocenters. The number of rotatable bonds is 4. The Bertz CT molecular complexity index is 1310. The van der Waals surface area contributed by atoms with E-state index >= 15 is 0 Å². The first kappa shape index (κ1) is 21.3. The third-order valence-corrected chi connectivity index (χ3v) is 6.27. The van der Waals surface area contributed by atoms with Gasteiger partial charge in [0.1, 0.15) is 16.3 Å². The maximum absolute atomic E-state index is 13.0. The van der Waals surface area contributed by atoms with E-state index in [4.69, 9.17) is 11.6 Å². The van der Waals surface area contributed by atoms with Gasteiger partial charge in [-0.3, -0.25) is 5.43 Å². The van der Waals surface area contributed by atoms with E-state index in [1.165, 1.54) is 29.4 Å². The van der Waals surface area contributed by atoms with E-state index in [9.17, 15) is 13.2 Å². The van der Waals surface area contributed by atoms with Crippen molar-refractivity contribution in [3.63, 3.8) is 0 Å². The molecule has 4 rings (SSSR count). The molecule has 0 aliphatic rings. The average Bonchev–Trinajstić information content (AvgIpc) is 3.18. The molecule has 0 saturated carbocycles. The molecule has 6 nitrogen and oxygen atoms in total. The second-order valence-electron chi connectivity index (χ2n) is 6.81. The number of nitrogens with zero attached hydrogens (tertiary/aromatic N) is 5. The summed E-state index contributed by atoms with van der Waals surface area (Å²) in [6.45, 7) is 5.71. The van der Waals surface area contributed by atoms with Gasteiger partial charge in [-0.1, -0.05) is 17.7 Å². The maximum Gasteiger partial charge on any atom is 0.416 e. The SMILES string of the molecule is Cc1nn(-c2cccc(C(F)(F)F)c2)c(Cl)c1/C=N/Nc1ncnc2sc(C)c(C)c12. The molecule has 1 aromatic carbocycles. The number of hydrazone groups is 1. The molecule has 0 radical (unpaired) electrons. The van der Waals surface area contributed by atoms with Gasteiger partial charge in [0, 0.05) is 4.88 Å². The van der Waals surface area contributed by atoms with Gasteiger partial charge in [-0.05, 0) is 44.5 Å². The second-order valence-corrected chi connectivity index (χ2v) is 8.37. The number of aromatic nitrogens is 4. The smallest absolute Gasteiger partial charge is 0.261 e. The van der Waals surface area contributed by atoms with E-state index in [1.54, 1.807) is 18.3 Å². The van der Waals surface area contributed by atoms with Crippen LogP contribution >= 0.6 is 22.9 Å². The minimum atomic E-state index is -4.46. The highest BCUT2D eigenvalue weighted by atomic mass is 35.5. The lowest BCUT2D eigenvalue weighted by Crippen LogP contribution is -2.06. The predicted molar refractivity (Wildman–Crippen MR) is 116 cm³/mol. The van der Waals surface area contributed by atoms with Crippen molar-refractivity contribution in [2.75, 3.05) is 5.43 Å². The molecule has 0 amide bonds. The average molecular weight is 465 g/mol. The van der Waals surface area contributed by atoms with Crippen molar-refractivity contribution in [3.8, 4) is 5.69 Å². The van der Waals surface area contributed by atoms with Crippen molar-refractivity contribution in [3.05, 3.63) is 63.0 Å². The number of hydrogen-bond donors (Lipinski definition) is 1. The molecular formula is C20H16ClF3N6S. The zero-order valence-corrected chi connectivity index (χ0v) is 18.2. The van der Waals surface area contributed by atoms with Gasteiger partial charge in [-0.25, -0.2) is 14.6 Å². The lowest BCUT2D eigenvalue weighted by molar-refractivity contribution is -0.137. The van der Waals surface area contributed by atoms with Gasteiger partial charge in [-0.2, -0.15) is 23.4 Å². The first-order valence-corrected chi connectivity index (χ1v) is 10.3. The lowest BCUT2D eigenvalue weighted by atomic mass is 10.2. The summed E-state index contributed by atoms with van der Waals surface area (Å²) >= 11 is 7.99. The molecule has 11 heteroatoms. The van der Waals surface area contributed by atoms with Crippen molar-refractivity contribution in [2.24, 2.45) is 5.10 Å². The molecule has 0 fully saturated rings. The number of halogens is 4. The molecule has 0 aliphatic carbocycles. The number of aryl methyl sites for hydroxylation is 3. The molecule has 0 spiro atoms. The van der Waals surface area contributed by atoms with Crippen LogP contribution in [0.4, 0.5) is 19.0 Å². The van der Waals surface area contributed by atoms with Gasteiger partial charge in [0.25, 0.3) is 0 Å². The first-order valence-electron chi connectivity index (χ1n) is 9.09. The van der Waals surface area contributed by atoms with Crippen molar-refractivity contribution < 1.29 is 13.2 Å². The van der Waals surface area contributed by atoms with Gasteiger partial charge in [0.2, 0.25) is 0 Å². The fraction of sp³-hybridized carbons (Fsp3) is 0.200. The third-order valence-electron chi connectivity index (χ3n) is 4.80. The van der Waals surface area contributed by atoms with Gasteiger partial charge in [-0.15, -0.1) is 11.3 Å². The Morgan fingerprint density at radius 3 is 2.71 bits per heavy atom. The van der Waals surface area contributed by atoms with Crippen LogP contribution in [0.2, 0.25) is 5.15 Å². The second kappa shape index (κ2) is 7.93. The molecule has 0 saturated heterocycles. The van der Waals surface area contributed by atoms with Crippen LogP contribution in [-0.4, -0.2) is 26.0 Å². The third kappa shape index (κ3) is 4.00. The topological polar surface area (TPSA) is 68.0 Å². The van der Waals surface area contributed by atoms with Crippen LogP contribution in [0.1, 0.15) is 27.3 Å². The van der Waals surface area contributed by atoms with Crippen molar-refractivity contribution in [2.45, 2.75) is 26.9 Å². The first-order chi connectivity index (χ1) is 14.7. The largest absolute Gasteiger partial charge is 0.416 e. The summed E-state index contributed by atoms with van der Waals surface area (Å²) in [7, 11) is 0. The van der Waals surface area contributed by atoms with E-state index in [1.807, 2.05) is 13.8 Å². The summed E-state index contributed by atoms with van der Waals surface area (Å²) < 4.78 is 40.4. The van der Waals surface area contributed by atoms with Gasteiger partial charge in [0.05, 0.1) is 34.1 Å². The lowest BCUT2D eigenvalue weighted by Gasteiger charge is -2.09. The fourth-order valence-corrected chi connectivity index (χ4v) is 4.39. The molecule has 0 aliphatic heterocycles. The molecule has 3 heterocycles. The number of fused-ring (bicyclic) bond motifs is 1. The van der Waals surface area contributed by atoms with Crippen LogP contribution in [0, 0.1) is 20.8 Å². The highest BCUT2D eigenvalue weighted by molar-refractivity contribution is 7.18. The number of alkyl halides is 3. The molecule has 31 heavy (non-hydrogen) atoms. The zero-order valence-electron chi connectivity index (χ0n) is 16.6. The quantitative estimate of drug-likeness (QED) is 0.300. The Kier molecular flexibility index (Phi) is 5.44. The van der Waals surface area contributed by atoms with Crippen LogP contribution in [-0.2, 0) is 6.18 Å². The monoisotopic (exact) mass is 464 g/mol. The number of nitrogens with one attached hydrogen (secondary N) is 1. The van der Waals surface area contributed by atoms with Crippen LogP contribution in [0.3, 0.4) is 0 Å². The molecule has 1 N–H and O–H groups in total. The Balaban J connectivity index is 1.64. The highest BCUT2D eigenvalue weighted by Gasteiger charge is 2.30. The number of anilines is 1. The van der Waals surface area contributed by atoms with E-state index in [-0.39, 0.29) is 10.8 Å². The molecule has 4 aromatic rings. The summed E-state index contributed by atoms with van der Waals surface area (Å²) in [5.74, 6) is 0.558. The van der Waals surface area contributed by atoms with Gasteiger partial charge in [0.15, 0.2) is 5.82 Å². The summed E-state index contributed by atoms with van der Waals surface area (Å²) in [5, 5.41) is 9.53. The Morgan fingerprint density at radius 2 is 1.97 bits per heavy atom. The Morgan fingerprint density at radius 1 is 1.19 bits per heavy atom. The highest BCUT2D eigenvalue weighted by Crippen LogP contribution is 2.33. The Labute approximate surface area is 184 Å². The van der Waals surface area contributed by atoms with E-state index in [2.05, 4.69) is 25.6 Å². The maximum atomic E-state index is 13.0. The summed E-state index contributed by atoms with van der Waals surface area (Å²) in [6.07, 6.45) is -1.53. The summed E-state index contributed by atoms with van der Waals surface area (Å²) in [5.41, 5.74) is 4.40. The van der Waals surface area contributed by atoms with Crippen LogP contribution in [0.15, 0.2) is 35.7 Å². The van der Waals surface area contributed by atoms with Crippen LogP contribution in [0.25, 0.3) is 15.9 Å². The molecule has 3 aromatic heterocycles. The van der Waals surface area contributed by atoms with Gasteiger partial charge < -0.3 is 0 Å². The minimum Gasteiger partial charge on any atom is -0.261 e. The summed E-state index contributed by atoms with van der Waals surface area (Å²) in [4.78, 5) is 10.5.